The Balaban J connectivity index is 2.43. The van der Waals surface area contributed by atoms with Crippen molar-refractivity contribution in [2.24, 2.45) is 0 Å². The highest BCUT2D eigenvalue weighted by molar-refractivity contribution is 8.14. The first-order valence-electron chi connectivity index (χ1n) is 7.99. The molecule has 7 nitrogen and oxygen atoms in total. The molecule has 0 aromatic carbocycles. The first kappa shape index (κ1) is 22.2. The lowest BCUT2D eigenvalue weighted by atomic mass is 10.4. The molecule has 0 saturated carbocycles. The summed E-state index contributed by atoms with van der Waals surface area (Å²) in [6.45, 7) is 10.5. The van der Waals surface area contributed by atoms with Crippen LogP contribution in [0.2, 0.25) is 0 Å². The van der Waals surface area contributed by atoms with Crippen molar-refractivity contribution in [2.45, 2.75) is 26.7 Å². The number of carbonyl (C=O) groups is 5. The molecule has 0 atom stereocenters. The van der Waals surface area contributed by atoms with Crippen LogP contribution >= 0.6 is 23.5 Å². The molecule has 142 valence electrons. The molecule has 1 fully saturated rings. The van der Waals surface area contributed by atoms with E-state index in [2.05, 4.69) is 13.2 Å². The molecule has 0 spiro atoms. The smallest absolute Gasteiger partial charge is 0.282 e. The fourth-order valence-corrected chi connectivity index (χ4v) is 3.38. The summed E-state index contributed by atoms with van der Waals surface area (Å²) in [6.07, 6.45) is 0.816. The van der Waals surface area contributed by atoms with Gasteiger partial charge in [0.2, 0.25) is 10.2 Å². The van der Waals surface area contributed by atoms with Crippen molar-refractivity contribution in [3.05, 3.63) is 24.3 Å². The predicted octanol–water partition coefficient (Wildman–Crippen LogP) is 2.23. The first-order chi connectivity index (χ1) is 12.2. The monoisotopic (exact) mass is 398 g/mol. The van der Waals surface area contributed by atoms with E-state index in [-0.39, 0.29) is 23.3 Å². The summed E-state index contributed by atoms with van der Waals surface area (Å²) in [7, 11) is 0. The van der Waals surface area contributed by atoms with E-state index >= 15 is 0 Å². The summed E-state index contributed by atoms with van der Waals surface area (Å²) < 4.78 is 0. The van der Waals surface area contributed by atoms with Gasteiger partial charge in [-0.2, -0.15) is 0 Å². The Morgan fingerprint density at radius 2 is 1.15 bits per heavy atom. The van der Waals surface area contributed by atoms with Crippen LogP contribution < -0.4 is 0 Å². The maximum atomic E-state index is 12.2. The zero-order valence-electron chi connectivity index (χ0n) is 14.9. The van der Waals surface area contributed by atoms with E-state index < -0.39 is 17.8 Å². The maximum Gasteiger partial charge on any atom is 0.334 e. The van der Waals surface area contributed by atoms with Crippen LogP contribution in [0.4, 0.5) is 4.79 Å². The number of urea groups is 1. The summed E-state index contributed by atoms with van der Waals surface area (Å²) in [5.41, 5.74) is 0.875. The molecule has 1 rings (SSSR count). The van der Waals surface area contributed by atoms with Crippen molar-refractivity contribution in [1.82, 2.24) is 9.80 Å². The van der Waals surface area contributed by atoms with Gasteiger partial charge in [-0.05, 0) is 37.8 Å². The summed E-state index contributed by atoms with van der Waals surface area (Å²) in [6, 6.07) is -0.646. The van der Waals surface area contributed by atoms with Crippen LogP contribution in [-0.2, 0) is 19.2 Å². The van der Waals surface area contributed by atoms with Crippen molar-refractivity contribution in [2.75, 3.05) is 24.6 Å². The molecule has 0 aromatic rings. The molecular weight excluding hydrogens is 376 g/mol. The lowest BCUT2D eigenvalue weighted by molar-refractivity contribution is -0.143. The molecule has 1 aliphatic rings. The third-order valence-corrected chi connectivity index (χ3v) is 5.56. The third-order valence-electron chi connectivity index (χ3n) is 3.35. The van der Waals surface area contributed by atoms with Crippen molar-refractivity contribution in [3.63, 3.8) is 0 Å². The van der Waals surface area contributed by atoms with E-state index in [1.54, 1.807) is 13.8 Å². The average molecular weight is 399 g/mol. The van der Waals surface area contributed by atoms with Crippen molar-refractivity contribution < 1.29 is 24.0 Å². The van der Waals surface area contributed by atoms with Crippen molar-refractivity contribution in [1.29, 1.82) is 0 Å². The van der Waals surface area contributed by atoms with Gasteiger partial charge in [0.1, 0.15) is 0 Å². The van der Waals surface area contributed by atoms with Gasteiger partial charge in [0.05, 0.1) is 0 Å². The normalized spacial score (nSPS) is 14.2. The molecule has 0 bridgehead atoms. The highest BCUT2D eigenvalue weighted by atomic mass is 32.2. The van der Waals surface area contributed by atoms with Crippen molar-refractivity contribution in [3.8, 4) is 0 Å². The summed E-state index contributed by atoms with van der Waals surface area (Å²) >= 11 is 2.13. The molecule has 0 aromatic heterocycles. The minimum absolute atomic E-state index is 0.0826. The van der Waals surface area contributed by atoms with Gasteiger partial charge in [0, 0.05) is 24.6 Å². The first-order valence-corrected chi connectivity index (χ1v) is 9.96. The molecule has 0 aliphatic carbocycles. The lowest BCUT2D eigenvalue weighted by Gasteiger charge is -2.15. The Morgan fingerprint density at radius 3 is 1.46 bits per heavy atom. The van der Waals surface area contributed by atoms with Crippen LogP contribution in [0, 0.1) is 0 Å². The second-order valence-electron chi connectivity index (χ2n) is 5.74. The van der Waals surface area contributed by atoms with Gasteiger partial charge in [-0.1, -0.05) is 36.7 Å². The Bertz CT molecular complexity index is 606. The quantitative estimate of drug-likeness (QED) is 0.241. The molecule has 0 unspecified atom stereocenters. The molecule has 0 N–H and O–H groups in total. The Labute approximate surface area is 161 Å². The highest BCUT2D eigenvalue weighted by Gasteiger charge is 2.43. The third kappa shape index (κ3) is 6.14. The maximum absolute atomic E-state index is 12.2. The van der Waals surface area contributed by atoms with Crippen LogP contribution in [0.1, 0.15) is 26.7 Å². The number of imide groups is 2. The summed E-state index contributed by atoms with van der Waals surface area (Å²) in [5.74, 6) is -0.846. The largest absolute Gasteiger partial charge is 0.334 e. The van der Waals surface area contributed by atoms with Crippen LogP contribution in [-0.4, -0.2) is 62.5 Å². The molecular formula is C17H22N2O5S2. The number of hydrogen-bond acceptors (Lipinski definition) is 7. The van der Waals surface area contributed by atoms with Crippen LogP contribution in [0.15, 0.2) is 24.3 Å². The van der Waals surface area contributed by atoms with Crippen molar-refractivity contribution >= 4 is 51.6 Å². The number of rotatable bonds is 10. The molecule has 26 heavy (non-hydrogen) atoms. The Kier molecular flexibility index (Phi) is 8.80. The second kappa shape index (κ2) is 10.3. The number of amides is 4. The zero-order valence-corrected chi connectivity index (χ0v) is 16.5. The number of thioether (sulfide) groups is 2. The average Bonchev–Trinajstić information content (AvgIpc) is 2.78. The standard InChI is InChI=1S/C17H22N2O5S2/c1-11(2)15(22)25-9-5-7-18-13(20)14(21)19(17(18)24)8-6-10-26-16(23)12(3)4/h1,3,5-10H2,2,4H3. The second-order valence-corrected chi connectivity index (χ2v) is 7.87. The van der Waals surface area contributed by atoms with Gasteiger partial charge in [0.25, 0.3) is 0 Å². The fraction of sp³-hybridized carbons (Fsp3) is 0.471. The molecule has 1 saturated heterocycles. The Hall–Kier alpha value is -1.87. The highest BCUT2D eigenvalue weighted by Crippen LogP contribution is 2.17. The number of carbonyl (C=O) groups excluding carboxylic acids is 5. The fourth-order valence-electron chi connectivity index (χ4n) is 1.97. The van der Waals surface area contributed by atoms with E-state index in [1.807, 2.05) is 0 Å². The molecule has 1 heterocycles. The molecule has 1 aliphatic heterocycles. The predicted molar refractivity (Wildman–Crippen MR) is 103 cm³/mol. The van der Waals surface area contributed by atoms with E-state index in [0.717, 1.165) is 33.3 Å². The lowest BCUT2D eigenvalue weighted by Crippen LogP contribution is -2.35. The van der Waals surface area contributed by atoms with Gasteiger partial charge < -0.3 is 0 Å². The molecule has 0 radical (unpaired) electrons. The van der Waals surface area contributed by atoms with Gasteiger partial charge in [-0.15, -0.1) is 0 Å². The van der Waals surface area contributed by atoms with Gasteiger partial charge in [-0.3, -0.25) is 29.0 Å². The summed E-state index contributed by atoms with van der Waals surface area (Å²) in [4.78, 5) is 60.8. The van der Waals surface area contributed by atoms with E-state index in [4.69, 9.17) is 0 Å². The van der Waals surface area contributed by atoms with Gasteiger partial charge in [0.15, 0.2) is 0 Å². The van der Waals surface area contributed by atoms with Gasteiger partial charge in [-0.25, -0.2) is 4.79 Å². The van der Waals surface area contributed by atoms with Crippen LogP contribution in [0.5, 0.6) is 0 Å². The van der Waals surface area contributed by atoms with Gasteiger partial charge >= 0.3 is 17.8 Å². The SMILES string of the molecule is C=C(C)C(=O)SCCCN1C(=O)C(=O)N(CCCSC(=O)C(=C)C)C1=O. The molecule has 9 heteroatoms. The van der Waals surface area contributed by atoms with Crippen LogP contribution in [0.3, 0.4) is 0 Å². The van der Waals surface area contributed by atoms with Crippen LogP contribution in [0.25, 0.3) is 0 Å². The minimum atomic E-state index is -0.850. The Morgan fingerprint density at radius 1 is 0.808 bits per heavy atom. The zero-order chi connectivity index (χ0) is 19.9. The summed E-state index contributed by atoms with van der Waals surface area (Å²) in [5, 5.41) is -0.271. The van der Waals surface area contributed by atoms with E-state index in [0.29, 0.717) is 35.5 Å². The topological polar surface area (TPSA) is 91.8 Å². The van der Waals surface area contributed by atoms with E-state index in [9.17, 15) is 24.0 Å². The number of nitrogens with zero attached hydrogens (tertiary/aromatic N) is 2. The number of hydrogen-bond donors (Lipinski definition) is 0. The molecule has 4 amide bonds. The van der Waals surface area contributed by atoms with E-state index in [1.165, 1.54) is 0 Å². The minimum Gasteiger partial charge on any atom is -0.282 e.